The average Bonchev–Trinajstić information content (AvgIpc) is 2.06. The van der Waals surface area contributed by atoms with Crippen LogP contribution in [-0.2, 0) is 0 Å². The van der Waals surface area contributed by atoms with E-state index in [1.807, 2.05) is 0 Å². The Hall–Kier alpha value is -0.0800. The first-order chi connectivity index (χ1) is 5.74. The first-order valence-electron chi connectivity index (χ1n) is 5.22. The molecule has 0 aliphatic carbocycles. The van der Waals surface area contributed by atoms with Gasteiger partial charge in [-0.05, 0) is 51.7 Å². The molecular formula is C10H22N2. The highest BCUT2D eigenvalue weighted by molar-refractivity contribution is 4.76. The fourth-order valence-corrected chi connectivity index (χ4v) is 2.02. The summed E-state index contributed by atoms with van der Waals surface area (Å²) >= 11 is 0. The van der Waals surface area contributed by atoms with Crippen molar-refractivity contribution in [1.82, 2.24) is 4.90 Å². The Morgan fingerprint density at radius 1 is 1.42 bits per heavy atom. The van der Waals surface area contributed by atoms with Crippen LogP contribution in [-0.4, -0.2) is 30.6 Å². The van der Waals surface area contributed by atoms with Gasteiger partial charge < -0.3 is 10.6 Å². The number of hydrogen-bond donors (Lipinski definition) is 1. The van der Waals surface area contributed by atoms with E-state index in [-0.39, 0.29) is 0 Å². The second kappa shape index (κ2) is 4.83. The molecule has 1 rings (SSSR count). The molecule has 2 nitrogen and oxygen atoms in total. The third kappa shape index (κ3) is 2.76. The first-order valence-corrected chi connectivity index (χ1v) is 5.22. The smallest absolute Gasteiger partial charge is 0.00397 e. The molecule has 72 valence electrons. The predicted octanol–water partition coefficient (Wildman–Crippen LogP) is 1.46. The van der Waals surface area contributed by atoms with Crippen LogP contribution < -0.4 is 5.73 Å². The SMILES string of the molecule is CCCN1CCC(C(C)N)CC1. The maximum absolute atomic E-state index is 5.87. The lowest BCUT2D eigenvalue weighted by molar-refractivity contribution is 0.172. The molecule has 0 aromatic rings. The molecule has 0 bridgehead atoms. The second-order valence-corrected chi connectivity index (χ2v) is 4.04. The van der Waals surface area contributed by atoms with E-state index in [1.54, 1.807) is 0 Å². The van der Waals surface area contributed by atoms with E-state index in [0.29, 0.717) is 6.04 Å². The molecule has 0 aromatic heterocycles. The Bertz CT molecular complexity index is 115. The summed E-state index contributed by atoms with van der Waals surface area (Å²) in [5.74, 6) is 0.776. The summed E-state index contributed by atoms with van der Waals surface area (Å²) in [6.45, 7) is 8.18. The topological polar surface area (TPSA) is 29.3 Å². The molecule has 0 radical (unpaired) electrons. The molecule has 12 heavy (non-hydrogen) atoms. The summed E-state index contributed by atoms with van der Waals surface area (Å²) in [6.07, 6.45) is 3.89. The number of rotatable bonds is 3. The molecule has 0 amide bonds. The molecule has 0 saturated carbocycles. The third-order valence-electron chi connectivity index (χ3n) is 2.92. The van der Waals surface area contributed by atoms with Gasteiger partial charge in [-0.25, -0.2) is 0 Å². The molecule has 0 aromatic carbocycles. The van der Waals surface area contributed by atoms with Gasteiger partial charge >= 0.3 is 0 Å². The zero-order valence-corrected chi connectivity index (χ0v) is 8.42. The van der Waals surface area contributed by atoms with Gasteiger partial charge in [0.2, 0.25) is 0 Å². The van der Waals surface area contributed by atoms with Crippen LogP contribution in [0.5, 0.6) is 0 Å². The van der Waals surface area contributed by atoms with Crippen molar-refractivity contribution in [2.45, 2.75) is 39.2 Å². The van der Waals surface area contributed by atoms with Crippen LogP contribution in [0.1, 0.15) is 33.1 Å². The molecule has 1 atom stereocenters. The van der Waals surface area contributed by atoms with Crippen molar-refractivity contribution in [3.63, 3.8) is 0 Å². The number of piperidine rings is 1. The van der Waals surface area contributed by atoms with Gasteiger partial charge in [0.1, 0.15) is 0 Å². The highest BCUT2D eigenvalue weighted by Crippen LogP contribution is 2.19. The van der Waals surface area contributed by atoms with Gasteiger partial charge in [0.15, 0.2) is 0 Å². The number of likely N-dealkylation sites (tertiary alicyclic amines) is 1. The Labute approximate surface area is 76.1 Å². The monoisotopic (exact) mass is 170 g/mol. The standard InChI is InChI=1S/C10H22N2/c1-3-6-12-7-4-10(5-8-12)9(2)11/h9-10H,3-8,11H2,1-2H3. The Morgan fingerprint density at radius 2 is 2.00 bits per heavy atom. The highest BCUT2D eigenvalue weighted by Gasteiger charge is 2.20. The van der Waals surface area contributed by atoms with E-state index >= 15 is 0 Å². The highest BCUT2D eigenvalue weighted by atomic mass is 15.1. The Morgan fingerprint density at radius 3 is 2.42 bits per heavy atom. The van der Waals surface area contributed by atoms with Crippen molar-refractivity contribution in [2.24, 2.45) is 11.7 Å². The van der Waals surface area contributed by atoms with Crippen molar-refractivity contribution in [3.8, 4) is 0 Å². The zero-order valence-electron chi connectivity index (χ0n) is 8.42. The largest absolute Gasteiger partial charge is 0.328 e. The molecule has 1 aliphatic heterocycles. The van der Waals surface area contributed by atoms with E-state index in [9.17, 15) is 0 Å². The first kappa shape index (κ1) is 10.0. The number of nitrogens with zero attached hydrogens (tertiary/aromatic N) is 1. The van der Waals surface area contributed by atoms with E-state index in [4.69, 9.17) is 5.73 Å². The minimum absolute atomic E-state index is 0.397. The van der Waals surface area contributed by atoms with Crippen molar-refractivity contribution < 1.29 is 0 Å². The van der Waals surface area contributed by atoms with Crippen molar-refractivity contribution in [3.05, 3.63) is 0 Å². The molecule has 1 unspecified atom stereocenters. The average molecular weight is 170 g/mol. The number of nitrogens with two attached hydrogens (primary N) is 1. The lowest BCUT2D eigenvalue weighted by atomic mass is 9.91. The minimum Gasteiger partial charge on any atom is -0.328 e. The molecule has 1 aliphatic rings. The van der Waals surface area contributed by atoms with Crippen LogP contribution in [0.25, 0.3) is 0 Å². The fourth-order valence-electron chi connectivity index (χ4n) is 2.02. The molecule has 1 saturated heterocycles. The van der Waals surface area contributed by atoms with Gasteiger partial charge in [0.05, 0.1) is 0 Å². The van der Waals surface area contributed by atoms with Crippen molar-refractivity contribution >= 4 is 0 Å². The Kier molecular flexibility index (Phi) is 4.02. The molecule has 2 N–H and O–H groups in total. The molecule has 0 spiro atoms. The minimum atomic E-state index is 0.397. The predicted molar refractivity (Wildman–Crippen MR) is 53.1 cm³/mol. The normalized spacial score (nSPS) is 24.2. The molecular weight excluding hydrogens is 148 g/mol. The van der Waals surface area contributed by atoms with Gasteiger partial charge in [0.25, 0.3) is 0 Å². The number of hydrogen-bond acceptors (Lipinski definition) is 2. The van der Waals surface area contributed by atoms with Gasteiger partial charge in [-0.1, -0.05) is 6.92 Å². The van der Waals surface area contributed by atoms with Gasteiger partial charge in [-0.3, -0.25) is 0 Å². The lowest BCUT2D eigenvalue weighted by Crippen LogP contribution is -2.39. The van der Waals surface area contributed by atoms with Gasteiger partial charge in [-0.15, -0.1) is 0 Å². The summed E-state index contributed by atoms with van der Waals surface area (Å²) < 4.78 is 0. The fraction of sp³-hybridized carbons (Fsp3) is 1.00. The zero-order chi connectivity index (χ0) is 8.97. The lowest BCUT2D eigenvalue weighted by Gasteiger charge is -2.33. The van der Waals surface area contributed by atoms with Crippen LogP contribution in [0.2, 0.25) is 0 Å². The van der Waals surface area contributed by atoms with Crippen LogP contribution in [0.15, 0.2) is 0 Å². The van der Waals surface area contributed by atoms with Gasteiger partial charge in [-0.2, -0.15) is 0 Å². The molecule has 1 fully saturated rings. The Balaban J connectivity index is 2.20. The second-order valence-electron chi connectivity index (χ2n) is 4.04. The van der Waals surface area contributed by atoms with Crippen LogP contribution in [0.4, 0.5) is 0 Å². The van der Waals surface area contributed by atoms with Crippen molar-refractivity contribution in [2.75, 3.05) is 19.6 Å². The van der Waals surface area contributed by atoms with Crippen LogP contribution in [0, 0.1) is 5.92 Å². The summed E-state index contributed by atoms with van der Waals surface area (Å²) in [4.78, 5) is 2.55. The summed E-state index contributed by atoms with van der Waals surface area (Å²) in [5, 5.41) is 0. The summed E-state index contributed by atoms with van der Waals surface area (Å²) in [5.41, 5.74) is 5.87. The maximum atomic E-state index is 5.87. The van der Waals surface area contributed by atoms with Crippen molar-refractivity contribution in [1.29, 1.82) is 0 Å². The maximum Gasteiger partial charge on any atom is 0.00397 e. The quantitative estimate of drug-likeness (QED) is 0.694. The molecule has 2 heteroatoms. The van der Waals surface area contributed by atoms with E-state index < -0.39 is 0 Å². The van der Waals surface area contributed by atoms with Crippen LogP contribution >= 0.6 is 0 Å². The van der Waals surface area contributed by atoms with E-state index in [1.165, 1.54) is 38.9 Å². The summed E-state index contributed by atoms with van der Waals surface area (Å²) in [7, 11) is 0. The van der Waals surface area contributed by atoms with E-state index in [2.05, 4.69) is 18.7 Å². The molecule has 1 heterocycles. The van der Waals surface area contributed by atoms with Gasteiger partial charge in [0, 0.05) is 6.04 Å². The van der Waals surface area contributed by atoms with E-state index in [0.717, 1.165) is 5.92 Å². The third-order valence-corrected chi connectivity index (χ3v) is 2.92. The van der Waals surface area contributed by atoms with Crippen LogP contribution in [0.3, 0.4) is 0 Å². The summed E-state index contributed by atoms with van der Waals surface area (Å²) in [6, 6.07) is 0.397.